The Balaban J connectivity index is 0.00000148. The fourth-order valence-electron chi connectivity index (χ4n) is 5.02. The summed E-state index contributed by atoms with van der Waals surface area (Å²) in [4.78, 5) is 26.4. The molecular formula is C26H32FN7O2. The number of nitrogens with one attached hydrogen (secondary N) is 2. The second-order valence-electron chi connectivity index (χ2n) is 8.69. The molecule has 0 spiro atoms. The number of halogens is 1. The van der Waals surface area contributed by atoms with Gasteiger partial charge in [0.2, 0.25) is 5.95 Å². The first-order valence-corrected chi connectivity index (χ1v) is 12.3. The van der Waals surface area contributed by atoms with Crippen molar-refractivity contribution >= 4 is 35.2 Å². The molecule has 3 heterocycles. The topological polar surface area (TPSA) is 107 Å². The Morgan fingerprint density at radius 3 is 2.69 bits per heavy atom. The number of likely N-dealkylation sites (tertiary alicyclic amines) is 1. The zero-order chi connectivity index (χ0) is 25.7. The van der Waals surface area contributed by atoms with Crippen LogP contribution in [0.15, 0.2) is 52.7 Å². The second-order valence-corrected chi connectivity index (χ2v) is 8.69. The molecule has 2 fully saturated rings. The van der Waals surface area contributed by atoms with Crippen LogP contribution in [0.4, 0.5) is 10.3 Å². The number of methoxy groups -OCH3 is 1. The molecule has 1 aliphatic carbocycles. The summed E-state index contributed by atoms with van der Waals surface area (Å²) in [6, 6.07) is 5.74. The Morgan fingerprint density at radius 2 is 2.00 bits per heavy atom. The number of hydrazone groups is 1. The smallest absolute Gasteiger partial charge is 0.258 e. The molecule has 2 aliphatic heterocycles. The van der Waals surface area contributed by atoms with E-state index >= 15 is 0 Å². The molecule has 2 aromatic rings. The number of hydrogen-bond acceptors (Lipinski definition) is 8. The first-order chi connectivity index (χ1) is 17.6. The number of hydrogen-bond donors (Lipinski definition) is 2. The van der Waals surface area contributed by atoms with Crippen LogP contribution in [0.2, 0.25) is 0 Å². The SMILES string of the molecule is CC.COc1cccc2nc(N3CC4CN(C(=O)C5=C(F)CCC=C5N/N=C\C=N)CC4C3)ncc12. The Morgan fingerprint density at radius 1 is 1.25 bits per heavy atom. The Labute approximate surface area is 210 Å². The maximum absolute atomic E-state index is 14.7. The number of rotatable bonds is 6. The molecule has 9 nitrogen and oxygen atoms in total. The molecular weight excluding hydrogens is 461 g/mol. The van der Waals surface area contributed by atoms with E-state index in [0.29, 0.717) is 31.2 Å². The van der Waals surface area contributed by atoms with Crippen LogP contribution in [-0.4, -0.2) is 66.5 Å². The van der Waals surface area contributed by atoms with Crippen molar-refractivity contribution in [3.05, 3.63) is 47.6 Å². The lowest BCUT2D eigenvalue weighted by Gasteiger charge is -2.25. The zero-order valence-electron chi connectivity index (χ0n) is 20.9. The van der Waals surface area contributed by atoms with E-state index in [9.17, 15) is 9.18 Å². The van der Waals surface area contributed by atoms with Gasteiger partial charge in [-0.2, -0.15) is 5.10 Å². The van der Waals surface area contributed by atoms with Gasteiger partial charge in [0, 0.05) is 56.8 Å². The molecule has 2 atom stereocenters. The van der Waals surface area contributed by atoms with E-state index in [2.05, 4.69) is 20.4 Å². The van der Waals surface area contributed by atoms with Crippen LogP contribution in [0.1, 0.15) is 26.7 Å². The summed E-state index contributed by atoms with van der Waals surface area (Å²) in [5.41, 5.74) is 3.96. The average molecular weight is 494 g/mol. The predicted octanol–water partition coefficient (Wildman–Crippen LogP) is 3.69. The number of amides is 1. The van der Waals surface area contributed by atoms with Crippen molar-refractivity contribution in [2.24, 2.45) is 16.9 Å². The van der Waals surface area contributed by atoms with Crippen LogP contribution < -0.4 is 15.1 Å². The Kier molecular flexibility index (Phi) is 7.92. The molecule has 3 aliphatic rings. The maximum atomic E-state index is 14.7. The van der Waals surface area contributed by atoms with Crippen molar-refractivity contribution in [1.29, 1.82) is 5.41 Å². The summed E-state index contributed by atoms with van der Waals surface area (Å²) >= 11 is 0. The highest BCUT2D eigenvalue weighted by atomic mass is 19.1. The number of ether oxygens (including phenoxy) is 1. The van der Waals surface area contributed by atoms with E-state index in [-0.39, 0.29) is 29.7 Å². The Bertz CT molecular complexity index is 1210. The van der Waals surface area contributed by atoms with Gasteiger partial charge in [0.05, 0.1) is 35.5 Å². The third-order valence-electron chi connectivity index (χ3n) is 6.65. The minimum atomic E-state index is -0.418. The number of benzene rings is 1. The zero-order valence-corrected chi connectivity index (χ0v) is 20.9. The van der Waals surface area contributed by atoms with Crippen molar-refractivity contribution in [3.63, 3.8) is 0 Å². The van der Waals surface area contributed by atoms with Crippen LogP contribution in [0.5, 0.6) is 5.75 Å². The molecule has 2 N–H and O–H groups in total. The number of nitrogens with zero attached hydrogens (tertiary/aromatic N) is 5. The van der Waals surface area contributed by atoms with E-state index in [0.717, 1.165) is 36.0 Å². The fourth-order valence-corrected chi connectivity index (χ4v) is 5.02. The molecule has 0 saturated carbocycles. The van der Waals surface area contributed by atoms with Crippen LogP contribution >= 0.6 is 0 Å². The quantitative estimate of drug-likeness (QED) is 0.470. The van der Waals surface area contributed by atoms with Crippen LogP contribution in [0, 0.1) is 17.2 Å². The summed E-state index contributed by atoms with van der Waals surface area (Å²) in [6.45, 7) is 6.62. The van der Waals surface area contributed by atoms with Gasteiger partial charge in [0.25, 0.3) is 5.91 Å². The number of anilines is 1. The Hall–Kier alpha value is -3.82. The standard InChI is InChI=1S/C24H26FN7O2.C2H6/c1-34-21-7-3-5-19-17(21)10-27-24(29-19)32-13-15-11-31(12-16(15)14-32)23(33)22-18(25)4-2-6-20(22)30-28-9-8-26;1-2/h3,5-10,15-16,26,30H,2,4,11-14H2,1H3;1-2H3/b26-8?,28-9-;. The fraction of sp³-hybridized carbons (Fsp3) is 0.423. The predicted molar refractivity (Wildman–Crippen MR) is 139 cm³/mol. The molecule has 5 rings (SSSR count). The molecule has 36 heavy (non-hydrogen) atoms. The average Bonchev–Trinajstić information content (AvgIpc) is 3.49. The number of carbonyl (C=O) groups is 1. The van der Waals surface area contributed by atoms with Gasteiger partial charge >= 0.3 is 0 Å². The number of carbonyl (C=O) groups excluding carboxylic acids is 1. The van der Waals surface area contributed by atoms with Gasteiger partial charge in [-0.15, -0.1) is 0 Å². The van der Waals surface area contributed by atoms with Gasteiger partial charge in [-0.25, -0.2) is 14.4 Å². The lowest BCUT2D eigenvalue weighted by molar-refractivity contribution is -0.126. The summed E-state index contributed by atoms with van der Waals surface area (Å²) < 4.78 is 20.1. The van der Waals surface area contributed by atoms with Crippen molar-refractivity contribution < 1.29 is 13.9 Å². The number of fused-ring (bicyclic) bond motifs is 2. The van der Waals surface area contributed by atoms with Gasteiger partial charge in [0.1, 0.15) is 11.6 Å². The second kappa shape index (κ2) is 11.3. The lowest BCUT2D eigenvalue weighted by Crippen LogP contribution is -2.36. The van der Waals surface area contributed by atoms with Gasteiger partial charge < -0.3 is 19.9 Å². The van der Waals surface area contributed by atoms with Gasteiger partial charge in [-0.05, 0) is 18.6 Å². The summed E-state index contributed by atoms with van der Waals surface area (Å²) in [7, 11) is 1.63. The molecule has 190 valence electrons. The summed E-state index contributed by atoms with van der Waals surface area (Å²) in [5.74, 6) is 1.24. The molecule has 10 heteroatoms. The van der Waals surface area contributed by atoms with E-state index in [4.69, 9.17) is 15.1 Å². The van der Waals surface area contributed by atoms with E-state index in [1.54, 1.807) is 24.3 Å². The lowest BCUT2D eigenvalue weighted by atomic mass is 10.0. The summed E-state index contributed by atoms with van der Waals surface area (Å²) in [5, 5.41) is 11.8. The molecule has 0 bridgehead atoms. The van der Waals surface area contributed by atoms with Crippen molar-refractivity contribution in [3.8, 4) is 5.75 Å². The van der Waals surface area contributed by atoms with Crippen molar-refractivity contribution in [1.82, 2.24) is 20.3 Å². The normalized spacial score (nSPS) is 21.3. The van der Waals surface area contributed by atoms with Gasteiger partial charge in [0.15, 0.2) is 0 Å². The minimum Gasteiger partial charge on any atom is -0.496 e. The largest absolute Gasteiger partial charge is 0.496 e. The van der Waals surface area contributed by atoms with Crippen LogP contribution in [0.3, 0.4) is 0 Å². The molecule has 2 unspecified atom stereocenters. The third-order valence-corrected chi connectivity index (χ3v) is 6.65. The highest BCUT2D eigenvalue weighted by molar-refractivity contribution is 6.14. The van der Waals surface area contributed by atoms with Crippen LogP contribution in [0.25, 0.3) is 10.9 Å². The van der Waals surface area contributed by atoms with E-state index in [1.807, 2.05) is 32.0 Å². The summed E-state index contributed by atoms with van der Waals surface area (Å²) in [6.07, 6.45) is 6.54. The minimum absolute atomic E-state index is 0.0528. The van der Waals surface area contributed by atoms with Crippen molar-refractivity contribution in [2.75, 3.05) is 38.2 Å². The van der Waals surface area contributed by atoms with E-state index in [1.165, 1.54) is 6.21 Å². The molecule has 1 amide bonds. The molecule has 2 saturated heterocycles. The third kappa shape index (κ3) is 4.93. The number of aromatic nitrogens is 2. The molecule has 0 radical (unpaired) electrons. The van der Waals surface area contributed by atoms with Crippen LogP contribution in [-0.2, 0) is 4.79 Å². The van der Waals surface area contributed by atoms with Crippen molar-refractivity contribution in [2.45, 2.75) is 26.7 Å². The molecule has 1 aromatic heterocycles. The molecule has 1 aromatic carbocycles. The van der Waals surface area contributed by atoms with Gasteiger partial charge in [-0.1, -0.05) is 26.0 Å². The van der Waals surface area contributed by atoms with Gasteiger partial charge in [-0.3, -0.25) is 10.2 Å². The monoisotopic (exact) mass is 493 g/mol. The first kappa shape index (κ1) is 25.3. The first-order valence-electron chi connectivity index (χ1n) is 12.3. The highest BCUT2D eigenvalue weighted by Crippen LogP contribution is 2.36. The van der Waals surface area contributed by atoms with E-state index < -0.39 is 5.83 Å². The maximum Gasteiger partial charge on any atom is 0.258 e. The number of allylic oxidation sites excluding steroid dienone is 2. The highest BCUT2D eigenvalue weighted by Gasteiger charge is 2.43.